The van der Waals surface area contributed by atoms with E-state index >= 15 is 0 Å². The Morgan fingerprint density at radius 3 is 3.22 bits per heavy atom. The second-order valence-electron chi connectivity index (χ2n) is 4.56. The van der Waals surface area contributed by atoms with Gasteiger partial charge in [-0.15, -0.1) is 0 Å². The lowest BCUT2D eigenvalue weighted by Gasteiger charge is -2.23. The van der Waals surface area contributed by atoms with E-state index in [2.05, 4.69) is 14.3 Å². The molecule has 1 N–H and O–H groups in total. The molecule has 1 aromatic heterocycles. The summed E-state index contributed by atoms with van der Waals surface area (Å²) in [5.74, 6) is 1.39. The standard InChI is InChI=1S/C11H19N3O3S/c1-17-6-7-18(15,16)13-9-10-2-4-14-5-3-12-11(14)8-10/h3,5,10,13H,2,4,6-9H2,1H3/t10-/m0/s1. The second-order valence-corrected chi connectivity index (χ2v) is 6.48. The maximum absolute atomic E-state index is 11.6. The summed E-state index contributed by atoms with van der Waals surface area (Å²) in [5.41, 5.74) is 0. The summed E-state index contributed by atoms with van der Waals surface area (Å²) in [4.78, 5) is 4.27. The normalized spacial score (nSPS) is 19.7. The van der Waals surface area contributed by atoms with Crippen molar-refractivity contribution >= 4 is 10.0 Å². The van der Waals surface area contributed by atoms with E-state index in [1.807, 2.05) is 6.20 Å². The highest BCUT2D eigenvalue weighted by Crippen LogP contribution is 2.18. The maximum atomic E-state index is 11.6. The van der Waals surface area contributed by atoms with E-state index in [4.69, 9.17) is 4.74 Å². The molecule has 2 heterocycles. The molecule has 0 unspecified atom stereocenters. The number of aryl methyl sites for hydroxylation is 1. The van der Waals surface area contributed by atoms with Gasteiger partial charge in [0.05, 0.1) is 12.4 Å². The number of rotatable bonds is 6. The van der Waals surface area contributed by atoms with E-state index in [9.17, 15) is 8.42 Å². The Morgan fingerprint density at radius 2 is 2.44 bits per heavy atom. The second kappa shape index (κ2) is 5.81. The lowest BCUT2D eigenvalue weighted by atomic mass is 9.98. The first-order valence-corrected chi connectivity index (χ1v) is 7.72. The number of sulfonamides is 1. The molecule has 1 aliphatic heterocycles. The summed E-state index contributed by atoms with van der Waals surface area (Å²) in [6.45, 7) is 1.63. The molecule has 0 bridgehead atoms. The molecule has 0 radical (unpaired) electrons. The molecule has 102 valence electrons. The minimum absolute atomic E-state index is 0.0187. The largest absolute Gasteiger partial charge is 0.384 e. The van der Waals surface area contributed by atoms with Crippen molar-refractivity contribution in [3.05, 3.63) is 18.2 Å². The average molecular weight is 273 g/mol. The van der Waals surface area contributed by atoms with Crippen LogP contribution in [0.5, 0.6) is 0 Å². The number of nitrogens with one attached hydrogen (secondary N) is 1. The van der Waals surface area contributed by atoms with Crippen LogP contribution in [0.3, 0.4) is 0 Å². The monoisotopic (exact) mass is 273 g/mol. The summed E-state index contributed by atoms with van der Waals surface area (Å²) in [6.07, 6.45) is 5.57. The zero-order valence-corrected chi connectivity index (χ0v) is 11.3. The molecule has 2 rings (SSSR count). The number of aromatic nitrogens is 2. The first-order chi connectivity index (χ1) is 8.61. The van der Waals surface area contributed by atoms with Gasteiger partial charge in [-0.2, -0.15) is 0 Å². The van der Waals surface area contributed by atoms with Crippen molar-refractivity contribution in [2.24, 2.45) is 5.92 Å². The number of ether oxygens (including phenoxy) is 1. The van der Waals surface area contributed by atoms with Crippen LogP contribution < -0.4 is 4.72 Å². The predicted octanol–water partition coefficient (Wildman–Crippen LogP) is 0.0113. The van der Waals surface area contributed by atoms with E-state index in [0.717, 1.165) is 25.2 Å². The Labute approximate surface area is 107 Å². The van der Waals surface area contributed by atoms with E-state index < -0.39 is 10.0 Å². The SMILES string of the molecule is COCCS(=O)(=O)NC[C@H]1CCn2ccnc2C1. The fourth-order valence-corrected chi connectivity index (χ4v) is 3.12. The topological polar surface area (TPSA) is 73.2 Å². The average Bonchev–Trinajstić information content (AvgIpc) is 2.81. The molecule has 0 amide bonds. The van der Waals surface area contributed by atoms with Crippen LogP contribution in [-0.2, 0) is 27.7 Å². The quantitative estimate of drug-likeness (QED) is 0.792. The molecule has 1 aliphatic rings. The molecular weight excluding hydrogens is 254 g/mol. The van der Waals surface area contributed by atoms with Crippen molar-refractivity contribution in [1.29, 1.82) is 0 Å². The van der Waals surface area contributed by atoms with Gasteiger partial charge in [0.25, 0.3) is 0 Å². The molecule has 0 aromatic carbocycles. The summed E-state index contributed by atoms with van der Waals surface area (Å²) in [7, 11) is -1.71. The summed E-state index contributed by atoms with van der Waals surface area (Å²) in [5, 5.41) is 0. The van der Waals surface area contributed by atoms with Gasteiger partial charge in [0.1, 0.15) is 5.82 Å². The van der Waals surface area contributed by atoms with Gasteiger partial charge >= 0.3 is 0 Å². The van der Waals surface area contributed by atoms with Crippen molar-refractivity contribution in [3.8, 4) is 0 Å². The van der Waals surface area contributed by atoms with Gasteiger partial charge in [0, 0.05) is 39.0 Å². The summed E-state index contributed by atoms with van der Waals surface area (Å²) < 4.78 is 32.8. The van der Waals surface area contributed by atoms with Crippen molar-refractivity contribution < 1.29 is 13.2 Å². The van der Waals surface area contributed by atoms with Gasteiger partial charge in [-0.05, 0) is 12.3 Å². The van der Waals surface area contributed by atoms with E-state index in [0.29, 0.717) is 12.5 Å². The molecule has 0 saturated heterocycles. The van der Waals surface area contributed by atoms with Crippen LogP contribution in [0, 0.1) is 5.92 Å². The van der Waals surface area contributed by atoms with Gasteiger partial charge in [-0.25, -0.2) is 18.1 Å². The molecular formula is C11H19N3O3S. The predicted molar refractivity (Wildman–Crippen MR) is 67.7 cm³/mol. The van der Waals surface area contributed by atoms with Crippen LogP contribution >= 0.6 is 0 Å². The van der Waals surface area contributed by atoms with E-state index in [-0.39, 0.29) is 12.4 Å². The third kappa shape index (κ3) is 3.54. The minimum Gasteiger partial charge on any atom is -0.384 e. The fraction of sp³-hybridized carbons (Fsp3) is 0.727. The molecule has 0 fully saturated rings. The van der Waals surface area contributed by atoms with Crippen molar-refractivity contribution in [2.75, 3.05) is 26.0 Å². The number of nitrogens with zero attached hydrogens (tertiary/aromatic N) is 2. The summed E-state index contributed by atoms with van der Waals surface area (Å²) >= 11 is 0. The van der Waals surface area contributed by atoms with Gasteiger partial charge in [-0.3, -0.25) is 0 Å². The molecule has 6 nitrogen and oxygen atoms in total. The van der Waals surface area contributed by atoms with Crippen molar-refractivity contribution in [2.45, 2.75) is 19.4 Å². The third-order valence-electron chi connectivity index (χ3n) is 3.20. The van der Waals surface area contributed by atoms with Gasteiger partial charge in [-0.1, -0.05) is 0 Å². The number of hydrogen-bond donors (Lipinski definition) is 1. The van der Waals surface area contributed by atoms with Gasteiger partial charge in [0.2, 0.25) is 10.0 Å². The Kier molecular flexibility index (Phi) is 4.36. The fourth-order valence-electron chi connectivity index (χ4n) is 2.10. The highest BCUT2D eigenvalue weighted by Gasteiger charge is 2.20. The van der Waals surface area contributed by atoms with Crippen LogP contribution in [-0.4, -0.2) is 44.0 Å². The number of imidazole rings is 1. The molecule has 7 heteroatoms. The Balaban J connectivity index is 1.82. The van der Waals surface area contributed by atoms with Crippen LogP contribution in [0.4, 0.5) is 0 Å². The van der Waals surface area contributed by atoms with Crippen molar-refractivity contribution in [3.63, 3.8) is 0 Å². The molecule has 18 heavy (non-hydrogen) atoms. The Bertz CT molecular complexity index is 483. The number of methoxy groups -OCH3 is 1. The van der Waals surface area contributed by atoms with Crippen molar-refractivity contribution in [1.82, 2.24) is 14.3 Å². The smallest absolute Gasteiger partial charge is 0.213 e. The van der Waals surface area contributed by atoms with Crippen LogP contribution in [0.1, 0.15) is 12.2 Å². The maximum Gasteiger partial charge on any atom is 0.213 e. The number of fused-ring (bicyclic) bond motifs is 1. The highest BCUT2D eigenvalue weighted by molar-refractivity contribution is 7.89. The number of hydrogen-bond acceptors (Lipinski definition) is 4. The molecule has 0 saturated carbocycles. The van der Waals surface area contributed by atoms with Crippen LogP contribution in [0.2, 0.25) is 0 Å². The summed E-state index contributed by atoms with van der Waals surface area (Å²) in [6, 6.07) is 0. The molecule has 1 atom stereocenters. The zero-order valence-electron chi connectivity index (χ0n) is 10.5. The first-order valence-electron chi connectivity index (χ1n) is 6.07. The molecule has 1 aromatic rings. The van der Waals surface area contributed by atoms with Gasteiger partial charge in [0.15, 0.2) is 0 Å². The molecule has 0 aliphatic carbocycles. The van der Waals surface area contributed by atoms with E-state index in [1.165, 1.54) is 7.11 Å². The first kappa shape index (κ1) is 13.5. The zero-order chi connectivity index (χ0) is 13.0. The third-order valence-corrected chi connectivity index (χ3v) is 4.51. The Morgan fingerprint density at radius 1 is 1.61 bits per heavy atom. The van der Waals surface area contributed by atoms with Crippen LogP contribution in [0.25, 0.3) is 0 Å². The van der Waals surface area contributed by atoms with E-state index in [1.54, 1.807) is 6.20 Å². The molecule has 0 spiro atoms. The highest BCUT2D eigenvalue weighted by atomic mass is 32.2. The van der Waals surface area contributed by atoms with Crippen LogP contribution in [0.15, 0.2) is 12.4 Å². The lowest BCUT2D eigenvalue weighted by Crippen LogP contribution is -2.35. The minimum atomic E-state index is -3.21. The Hall–Kier alpha value is -0.920. The van der Waals surface area contributed by atoms with Gasteiger partial charge < -0.3 is 9.30 Å². The lowest BCUT2D eigenvalue weighted by molar-refractivity contribution is 0.216.